The van der Waals surface area contributed by atoms with Gasteiger partial charge in [-0.3, -0.25) is 4.98 Å². The summed E-state index contributed by atoms with van der Waals surface area (Å²) in [7, 11) is -3.50. The van der Waals surface area contributed by atoms with Gasteiger partial charge in [0.25, 0.3) is 5.78 Å². The molecule has 0 atom stereocenters. The topological polar surface area (TPSA) is 102 Å². The van der Waals surface area contributed by atoms with Gasteiger partial charge in [0.05, 0.1) is 0 Å². The Morgan fingerprint density at radius 2 is 2.14 bits per heavy atom. The van der Waals surface area contributed by atoms with Gasteiger partial charge in [-0.05, 0) is 30.5 Å². The average Bonchev–Trinajstić information content (AvgIpc) is 3.00. The van der Waals surface area contributed by atoms with Crippen LogP contribution in [0.3, 0.4) is 0 Å². The molecule has 114 valence electrons. The molecule has 0 bridgehead atoms. The number of rotatable bonds is 6. The molecule has 0 radical (unpaired) electrons. The molecule has 0 fully saturated rings. The van der Waals surface area contributed by atoms with Crippen LogP contribution in [-0.4, -0.2) is 39.5 Å². The van der Waals surface area contributed by atoms with Crippen molar-refractivity contribution in [1.82, 2.24) is 29.3 Å². The molecule has 0 aliphatic heterocycles. The molecule has 0 aromatic carbocycles. The lowest BCUT2D eigenvalue weighted by molar-refractivity contribution is 0.578. The van der Waals surface area contributed by atoms with Crippen LogP contribution < -0.4 is 4.72 Å². The van der Waals surface area contributed by atoms with Gasteiger partial charge in [0, 0.05) is 31.3 Å². The molecular formula is C13H14N6O2S. The number of aryl methyl sites for hydroxylation is 1. The highest BCUT2D eigenvalue weighted by molar-refractivity contribution is 7.89. The molecule has 0 aliphatic carbocycles. The number of nitrogens with zero attached hydrogens (tertiary/aromatic N) is 5. The summed E-state index contributed by atoms with van der Waals surface area (Å²) in [4.78, 5) is 12.1. The quantitative estimate of drug-likeness (QED) is 0.661. The Bertz CT molecular complexity index is 862. The standard InChI is InChI=1S/C13H14N6O2S/c20-22(21,12-4-2-5-14-8-12)18-6-1-3-11-7-15-13-16-10-17-19(13)9-11/h2,4-5,7-10,18H,1,3,6H2. The van der Waals surface area contributed by atoms with E-state index in [9.17, 15) is 8.42 Å². The first-order valence-electron chi connectivity index (χ1n) is 6.69. The van der Waals surface area contributed by atoms with E-state index in [4.69, 9.17) is 0 Å². The predicted molar refractivity (Wildman–Crippen MR) is 78.5 cm³/mol. The highest BCUT2D eigenvalue weighted by atomic mass is 32.2. The lowest BCUT2D eigenvalue weighted by Crippen LogP contribution is -2.25. The molecule has 3 aromatic rings. The Morgan fingerprint density at radius 1 is 1.23 bits per heavy atom. The second-order valence-corrected chi connectivity index (χ2v) is 6.42. The van der Waals surface area contributed by atoms with Crippen molar-refractivity contribution in [1.29, 1.82) is 0 Å². The summed E-state index contributed by atoms with van der Waals surface area (Å²) in [5, 5.41) is 4.01. The van der Waals surface area contributed by atoms with E-state index in [2.05, 4.69) is 24.8 Å². The van der Waals surface area contributed by atoms with Crippen LogP contribution in [0.1, 0.15) is 12.0 Å². The monoisotopic (exact) mass is 318 g/mol. The normalized spacial score (nSPS) is 11.8. The first-order chi connectivity index (χ1) is 10.6. The van der Waals surface area contributed by atoms with E-state index >= 15 is 0 Å². The van der Waals surface area contributed by atoms with E-state index in [1.807, 2.05) is 6.20 Å². The van der Waals surface area contributed by atoms with Gasteiger partial charge < -0.3 is 0 Å². The van der Waals surface area contributed by atoms with Crippen molar-refractivity contribution >= 4 is 15.8 Å². The van der Waals surface area contributed by atoms with Crippen molar-refractivity contribution in [2.45, 2.75) is 17.7 Å². The summed E-state index contributed by atoms with van der Waals surface area (Å²) in [6, 6.07) is 3.10. The molecule has 3 aromatic heterocycles. The fourth-order valence-electron chi connectivity index (χ4n) is 1.98. The second-order valence-electron chi connectivity index (χ2n) is 4.66. The molecule has 3 rings (SSSR count). The van der Waals surface area contributed by atoms with Crippen molar-refractivity contribution in [2.24, 2.45) is 0 Å². The average molecular weight is 318 g/mol. The largest absolute Gasteiger partial charge is 0.263 e. The molecule has 0 amide bonds. The number of sulfonamides is 1. The molecule has 0 saturated carbocycles. The van der Waals surface area contributed by atoms with Crippen molar-refractivity contribution < 1.29 is 8.42 Å². The third kappa shape index (κ3) is 3.26. The van der Waals surface area contributed by atoms with Gasteiger partial charge in [0.15, 0.2) is 0 Å². The van der Waals surface area contributed by atoms with E-state index in [-0.39, 0.29) is 4.90 Å². The van der Waals surface area contributed by atoms with Crippen molar-refractivity contribution in [3.8, 4) is 0 Å². The zero-order valence-corrected chi connectivity index (χ0v) is 12.4. The van der Waals surface area contributed by atoms with Crippen LogP contribution >= 0.6 is 0 Å². The summed E-state index contributed by atoms with van der Waals surface area (Å²) in [5.41, 5.74) is 0.971. The number of aromatic nitrogens is 5. The third-order valence-corrected chi connectivity index (χ3v) is 4.51. The van der Waals surface area contributed by atoms with Crippen LogP contribution in [0.25, 0.3) is 5.78 Å². The van der Waals surface area contributed by atoms with Gasteiger partial charge in [-0.2, -0.15) is 10.1 Å². The predicted octanol–water partition coefficient (Wildman–Crippen LogP) is 0.430. The van der Waals surface area contributed by atoms with E-state index in [1.165, 1.54) is 24.8 Å². The summed E-state index contributed by atoms with van der Waals surface area (Å²) in [6.07, 6.45) is 9.20. The lowest BCUT2D eigenvalue weighted by Gasteiger charge is -2.06. The maximum absolute atomic E-state index is 12.0. The third-order valence-electron chi connectivity index (χ3n) is 3.07. The van der Waals surface area contributed by atoms with E-state index in [0.29, 0.717) is 25.2 Å². The Balaban J connectivity index is 1.55. The number of hydrogen-bond acceptors (Lipinski definition) is 6. The van der Waals surface area contributed by atoms with Crippen molar-refractivity contribution in [3.63, 3.8) is 0 Å². The Morgan fingerprint density at radius 3 is 2.95 bits per heavy atom. The Kier molecular flexibility index (Phi) is 4.07. The molecule has 0 saturated heterocycles. The van der Waals surface area contributed by atoms with Crippen LogP contribution in [-0.2, 0) is 16.4 Å². The number of nitrogens with one attached hydrogen (secondary N) is 1. The Labute approximate surface area is 127 Å². The fraction of sp³-hybridized carbons (Fsp3) is 0.231. The molecule has 9 heteroatoms. The second kappa shape index (κ2) is 6.16. The molecule has 1 N–H and O–H groups in total. The first-order valence-corrected chi connectivity index (χ1v) is 8.17. The van der Waals surface area contributed by atoms with E-state index in [1.54, 1.807) is 16.8 Å². The molecule has 0 aliphatic rings. The minimum Gasteiger partial charge on any atom is -0.263 e. The van der Waals surface area contributed by atoms with E-state index in [0.717, 1.165) is 5.56 Å². The summed E-state index contributed by atoms with van der Waals surface area (Å²) in [5.74, 6) is 0.543. The van der Waals surface area contributed by atoms with Crippen molar-refractivity contribution in [3.05, 3.63) is 48.8 Å². The highest BCUT2D eigenvalue weighted by Gasteiger charge is 2.12. The van der Waals surface area contributed by atoms with Crippen LogP contribution in [0, 0.1) is 0 Å². The molecule has 8 nitrogen and oxygen atoms in total. The summed E-state index contributed by atoms with van der Waals surface area (Å²) >= 11 is 0. The summed E-state index contributed by atoms with van der Waals surface area (Å²) < 4.78 is 28.1. The fourth-order valence-corrected chi connectivity index (χ4v) is 3.01. The zero-order chi connectivity index (χ0) is 15.4. The molecule has 22 heavy (non-hydrogen) atoms. The number of pyridine rings is 1. The SMILES string of the molecule is O=S(=O)(NCCCc1cnc2ncnn2c1)c1cccnc1. The highest BCUT2D eigenvalue weighted by Crippen LogP contribution is 2.06. The van der Waals surface area contributed by atoms with Crippen LogP contribution in [0.4, 0.5) is 0 Å². The van der Waals surface area contributed by atoms with Gasteiger partial charge in [-0.1, -0.05) is 0 Å². The molecule has 0 unspecified atom stereocenters. The maximum atomic E-state index is 12.0. The lowest BCUT2D eigenvalue weighted by atomic mass is 10.2. The van der Waals surface area contributed by atoms with Gasteiger partial charge >= 0.3 is 0 Å². The first kappa shape index (κ1) is 14.5. The van der Waals surface area contributed by atoms with Gasteiger partial charge in [0.1, 0.15) is 11.2 Å². The molecule has 0 spiro atoms. The zero-order valence-electron chi connectivity index (χ0n) is 11.6. The summed E-state index contributed by atoms with van der Waals surface area (Å²) in [6.45, 7) is 0.340. The molecular weight excluding hydrogens is 304 g/mol. The van der Waals surface area contributed by atoms with Gasteiger partial charge in [-0.25, -0.2) is 22.6 Å². The maximum Gasteiger partial charge on any atom is 0.252 e. The number of fused-ring (bicyclic) bond motifs is 1. The van der Waals surface area contributed by atoms with Gasteiger partial charge in [-0.15, -0.1) is 0 Å². The van der Waals surface area contributed by atoms with Crippen molar-refractivity contribution in [2.75, 3.05) is 6.54 Å². The van der Waals surface area contributed by atoms with Crippen LogP contribution in [0.15, 0.2) is 48.1 Å². The smallest absolute Gasteiger partial charge is 0.252 e. The Hall–Kier alpha value is -2.39. The minimum atomic E-state index is -3.50. The minimum absolute atomic E-state index is 0.167. The van der Waals surface area contributed by atoms with Crippen LogP contribution in [0.2, 0.25) is 0 Å². The van der Waals surface area contributed by atoms with Gasteiger partial charge in [0.2, 0.25) is 10.0 Å². The molecule has 3 heterocycles. The number of hydrogen-bond donors (Lipinski definition) is 1. The van der Waals surface area contributed by atoms with E-state index < -0.39 is 10.0 Å². The van der Waals surface area contributed by atoms with Crippen LogP contribution in [0.5, 0.6) is 0 Å².